The van der Waals surface area contributed by atoms with Crippen LogP contribution in [0.15, 0.2) is 42.9 Å². The van der Waals surface area contributed by atoms with Crippen LogP contribution in [0, 0.1) is 0 Å². The number of ether oxygens (including phenoxy) is 2. The molecular weight excluding hydrogens is 326 g/mol. The minimum Gasteiger partial charge on any atom is -0.467 e. The molecule has 8 nitrogen and oxygen atoms in total. The number of methoxy groups -OCH3 is 1. The highest BCUT2D eigenvalue weighted by Gasteiger charge is 2.24. The number of aromatic nitrogens is 2. The van der Waals surface area contributed by atoms with Gasteiger partial charge in [0, 0.05) is 19.5 Å². The molecule has 2 rings (SSSR count). The highest BCUT2D eigenvalue weighted by atomic mass is 16.6. The topological polar surface area (TPSA) is 99.5 Å². The Balaban J connectivity index is 1.95. The Labute approximate surface area is 144 Å². The largest absolute Gasteiger partial charge is 0.467 e. The van der Waals surface area contributed by atoms with Gasteiger partial charge in [0.25, 0.3) is 0 Å². The Kier molecular flexibility index (Phi) is 6.27. The van der Waals surface area contributed by atoms with Gasteiger partial charge in [-0.05, 0) is 5.56 Å². The molecule has 0 unspecified atom stereocenters. The predicted octanol–water partition coefficient (Wildman–Crippen LogP) is 1.55. The van der Waals surface area contributed by atoms with Crippen LogP contribution in [0.1, 0.15) is 23.0 Å². The summed E-state index contributed by atoms with van der Waals surface area (Å²) in [5.74, 6) is -0.836. The van der Waals surface area contributed by atoms with Gasteiger partial charge >= 0.3 is 12.1 Å². The highest BCUT2D eigenvalue weighted by Crippen LogP contribution is 2.05. The smallest absolute Gasteiger partial charge is 0.408 e. The number of esters is 1. The number of imidazole rings is 1. The van der Waals surface area contributed by atoms with E-state index in [0.29, 0.717) is 5.69 Å². The fraction of sp³-hybridized carbons (Fsp3) is 0.294. The van der Waals surface area contributed by atoms with E-state index in [1.165, 1.54) is 31.1 Å². The summed E-state index contributed by atoms with van der Waals surface area (Å²) in [5, 5.41) is 2.46. The van der Waals surface area contributed by atoms with E-state index in [4.69, 9.17) is 9.47 Å². The summed E-state index contributed by atoms with van der Waals surface area (Å²) in [6, 6.07) is 8.19. The molecule has 0 saturated carbocycles. The lowest BCUT2D eigenvalue weighted by molar-refractivity contribution is -0.143. The minimum atomic E-state index is -0.969. The number of rotatable bonds is 6. The summed E-state index contributed by atoms with van der Waals surface area (Å²) in [5.41, 5.74) is 1.29. The first-order chi connectivity index (χ1) is 12.0. The van der Waals surface area contributed by atoms with Crippen molar-refractivity contribution in [1.82, 2.24) is 14.9 Å². The van der Waals surface area contributed by atoms with Crippen molar-refractivity contribution in [1.29, 1.82) is 0 Å². The number of carbonyl (C=O) groups excluding carboxylic acids is 3. The summed E-state index contributed by atoms with van der Waals surface area (Å²) in [7, 11) is 1.22. The number of nitrogens with zero attached hydrogens (tertiary/aromatic N) is 2. The Hall–Kier alpha value is -3.16. The van der Waals surface area contributed by atoms with E-state index in [0.717, 1.165) is 5.56 Å². The van der Waals surface area contributed by atoms with E-state index < -0.39 is 18.1 Å². The molecule has 25 heavy (non-hydrogen) atoms. The van der Waals surface area contributed by atoms with Crippen molar-refractivity contribution in [2.24, 2.45) is 0 Å². The van der Waals surface area contributed by atoms with Gasteiger partial charge in [0.1, 0.15) is 19.0 Å². The second-order valence-electron chi connectivity index (χ2n) is 5.28. The van der Waals surface area contributed by atoms with Crippen LogP contribution in [-0.4, -0.2) is 40.7 Å². The quantitative estimate of drug-likeness (QED) is 0.798. The molecule has 1 aromatic heterocycles. The molecule has 0 aliphatic rings. The number of nitrogens with one attached hydrogen (secondary N) is 1. The Bertz CT molecular complexity index is 742. The van der Waals surface area contributed by atoms with E-state index in [-0.39, 0.29) is 18.9 Å². The molecule has 0 spiro atoms. The number of benzene rings is 1. The van der Waals surface area contributed by atoms with Crippen molar-refractivity contribution in [3.8, 4) is 0 Å². The monoisotopic (exact) mass is 345 g/mol. The number of amides is 1. The normalized spacial score (nSPS) is 11.4. The molecule has 1 N–H and O–H groups in total. The molecule has 0 fully saturated rings. The van der Waals surface area contributed by atoms with Crippen LogP contribution < -0.4 is 5.32 Å². The minimum absolute atomic E-state index is 0.0768. The van der Waals surface area contributed by atoms with Gasteiger partial charge in [0.05, 0.1) is 12.8 Å². The molecule has 0 bridgehead atoms. The van der Waals surface area contributed by atoms with Gasteiger partial charge in [0.15, 0.2) is 0 Å². The van der Waals surface area contributed by atoms with Gasteiger partial charge in [0.2, 0.25) is 5.91 Å². The predicted molar refractivity (Wildman–Crippen MR) is 87.8 cm³/mol. The molecule has 0 aliphatic carbocycles. The number of hydrogen-bond donors (Lipinski definition) is 1. The van der Waals surface area contributed by atoms with Gasteiger partial charge in [-0.3, -0.25) is 9.36 Å². The van der Waals surface area contributed by atoms with E-state index in [9.17, 15) is 14.4 Å². The Morgan fingerprint density at radius 3 is 2.56 bits per heavy atom. The molecule has 8 heteroatoms. The summed E-state index contributed by atoms with van der Waals surface area (Å²) in [4.78, 5) is 39.1. The lowest BCUT2D eigenvalue weighted by Crippen LogP contribution is -2.43. The van der Waals surface area contributed by atoms with E-state index >= 15 is 0 Å². The maximum atomic E-state index is 11.9. The molecule has 0 radical (unpaired) electrons. The zero-order valence-electron chi connectivity index (χ0n) is 14.0. The van der Waals surface area contributed by atoms with Gasteiger partial charge in [-0.2, -0.15) is 0 Å². The Morgan fingerprint density at radius 1 is 1.24 bits per heavy atom. The fourth-order valence-corrected chi connectivity index (χ4v) is 2.09. The molecule has 1 atom stereocenters. The zero-order chi connectivity index (χ0) is 18.2. The molecule has 0 saturated heterocycles. The van der Waals surface area contributed by atoms with Gasteiger partial charge in [-0.25, -0.2) is 14.6 Å². The average Bonchev–Trinajstić information content (AvgIpc) is 3.08. The molecule has 1 aromatic carbocycles. The third kappa shape index (κ3) is 5.45. The first-order valence-electron chi connectivity index (χ1n) is 7.58. The van der Waals surface area contributed by atoms with Gasteiger partial charge in [-0.15, -0.1) is 0 Å². The molecule has 2 aromatic rings. The summed E-state index contributed by atoms with van der Waals surface area (Å²) in [6.45, 7) is 1.47. The highest BCUT2D eigenvalue weighted by molar-refractivity contribution is 5.81. The van der Waals surface area contributed by atoms with Crippen LogP contribution in [0.5, 0.6) is 0 Å². The number of hydrogen-bond acceptors (Lipinski definition) is 6. The molecule has 0 aliphatic heterocycles. The van der Waals surface area contributed by atoms with Crippen molar-refractivity contribution in [2.75, 3.05) is 7.11 Å². The fourth-order valence-electron chi connectivity index (χ4n) is 2.09. The van der Waals surface area contributed by atoms with E-state index in [2.05, 4.69) is 10.3 Å². The SMILES string of the molecule is COC(=O)[C@H](Cc1cn(C(C)=O)cn1)NC(=O)OCc1ccccc1. The molecule has 132 valence electrons. The van der Waals surface area contributed by atoms with Crippen LogP contribution in [0.3, 0.4) is 0 Å². The number of carbonyl (C=O) groups is 3. The van der Waals surface area contributed by atoms with Crippen molar-refractivity contribution < 1.29 is 23.9 Å². The maximum absolute atomic E-state index is 11.9. The number of alkyl carbamates (subject to hydrolysis) is 1. The van der Waals surface area contributed by atoms with Crippen molar-refractivity contribution in [3.63, 3.8) is 0 Å². The lowest BCUT2D eigenvalue weighted by atomic mass is 10.1. The van der Waals surface area contributed by atoms with Crippen molar-refractivity contribution in [3.05, 3.63) is 54.1 Å². The summed E-state index contributed by atoms with van der Waals surface area (Å²) >= 11 is 0. The molecular formula is C17H19N3O5. The average molecular weight is 345 g/mol. The summed E-state index contributed by atoms with van der Waals surface area (Å²) in [6.07, 6.45) is 2.17. The standard InChI is InChI=1S/C17H19N3O5/c1-12(21)20-9-14(18-11-20)8-15(16(22)24-2)19-17(23)25-10-13-6-4-3-5-7-13/h3-7,9,11,15H,8,10H2,1-2H3,(H,19,23)/t15-/m0/s1. The lowest BCUT2D eigenvalue weighted by Gasteiger charge is -2.15. The third-order valence-corrected chi connectivity index (χ3v) is 3.40. The van der Waals surface area contributed by atoms with Crippen LogP contribution in [0.4, 0.5) is 4.79 Å². The first kappa shape index (κ1) is 18.2. The molecule has 1 heterocycles. The second kappa shape index (κ2) is 8.62. The second-order valence-corrected chi connectivity index (χ2v) is 5.28. The third-order valence-electron chi connectivity index (χ3n) is 3.40. The zero-order valence-corrected chi connectivity index (χ0v) is 14.0. The van der Waals surface area contributed by atoms with E-state index in [1.807, 2.05) is 30.3 Å². The van der Waals surface area contributed by atoms with Gasteiger partial charge < -0.3 is 14.8 Å². The van der Waals surface area contributed by atoms with Gasteiger partial charge in [-0.1, -0.05) is 30.3 Å². The summed E-state index contributed by atoms with van der Waals surface area (Å²) < 4.78 is 11.1. The van der Waals surface area contributed by atoms with Crippen LogP contribution in [0.25, 0.3) is 0 Å². The first-order valence-corrected chi connectivity index (χ1v) is 7.58. The van der Waals surface area contributed by atoms with E-state index in [1.54, 1.807) is 0 Å². The van der Waals surface area contributed by atoms with Crippen LogP contribution in [-0.2, 0) is 27.3 Å². The maximum Gasteiger partial charge on any atom is 0.408 e. The van der Waals surface area contributed by atoms with Crippen molar-refractivity contribution >= 4 is 18.0 Å². The van der Waals surface area contributed by atoms with Crippen LogP contribution in [0.2, 0.25) is 0 Å². The molecule has 1 amide bonds. The van der Waals surface area contributed by atoms with Crippen molar-refractivity contribution in [2.45, 2.75) is 26.0 Å². The van der Waals surface area contributed by atoms with Crippen LogP contribution >= 0.6 is 0 Å². The Morgan fingerprint density at radius 2 is 1.96 bits per heavy atom.